The van der Waals surface area contributed by atoms with Crippen molar-refractivity contribution < 1.29 is 23.9 Å². The lowest BCUT2D eigenvalue weighted by atomic mass is 10.0. The molecule has 7 nitrogen and oxygen atoms in total. The smallest absolute Gasteiger partial charge is 0.416 e. The van der Waals surface area contributed by atoms with Crippen LogP contribution in [0.3, 0.4) is 0 Å². The monoisotopic (exact) mass is 438 g/mol. The number of anilines is 1. The van der Waals surface area contributed by atoms with Crippen molar-refractivity contribution in [2.75, 3.05) is 18.6 Å². The van der Waals surface area contributed by atoms with E-state index in [-0.39, 0.29) is 25.0 Å². The van der Waals surface area contributed by atoms with Crippen molar-refractivity contribution in [3.63, 3.8) is 0 Å². The largest absolute Gasteiger partial charge is 0.447 e. The second-order valence-corrected chi connectivity index (χ2v) is 8.89. The summed E-state index contributed by atoms with van der Waals surface area (Å²) in [6, 6.07) is 16.8. The molecule has 170 valence electrons. The predicted molar refractivity (Wildman–Crippen MR) is 122 cm³/mol. The molecule has 1 heterocycles. The van der Waals surface area contributed by atoms with Crippen LogP contribution in [0.2, 0.25) is 0 Å². The third kappa shape index (κ3) is 6.09. The second-order valence-electron chi connectivity index (χ2n) is 8.89. The van der Waals surface area contributed by atoms with Crippen molar-refractivity contribution in [1.82, 2.24) is 4.90 Å². The maximum absolute atomic E-state index is 12.8. The number of cyclic esters (lactones) is 1. The zero-order valence-electron chi connectivity index (χ0n) is 19.0. The molecule has 3 rings (SSSR count). The van der Waals surface area contributed by atoms with E-state index in [1.807, 2.05) is 75.4 Å². The van der Waals surface area contributed by atoms with Crippen LogP contribution in [0.1, 0.15) is 38.3 Å². The van der Waals surface area contributed by atoms with Crippen molar-refractivity contribution in [3.8, 4) is 0 Å². The lowest BCUT2D eigenvalue weighted by molar-refractivity contribution is -0.129. The van der Waals surface area contributed by atoms with E-state index in [4.69, 9.17) is 9.47 Å². The highest BCUT2D eigenvalue weighted by Gasteiger charge is 2.37. The van der Waals surface area contributed by atoms with Crippen LogP contribution in [-0.2, 0) is 27.1 Å². The number of benzene rings is 2. The molecular formula is C25H30N2O5. The van der Waals surface area contributed by atoms with Gasteiger partial charge in [0.1, 0.15) is 12.2 Å². The van der Waals surface area contributed by atoms with Crippen LogP contribution in [0.4, 0.5) is 15.3 Å². The minimum atomic E-state index is -0.578. The predicted octanol–water partition coefficient (Wildman–Crippen LogP) is 4.58. The van der Waals surface area contributed by atoms with Gasteiger partial charge in [0.25, 0.3) is 0 Å². The summed E-state index contributed by atoms with van der Waals surface area (Å²) in [4.78, 5) is 39.8. The highest BCUT2D eigenvalue weighted by molar-refractivity contribution is 5.93. The molecule has 1 aliphatic heterocycles. The average Bonchev–Trinajstić information content (AvgIpc) is 3.11. The summed E-state index contributed by atoms with van der Waals surface area (Å²) < 4.78 is 10.5. The van der Waals surface area contributed by atoms with Crippen molar-refractivity contribution in [1.29, 1.82) is 0 Å². The van der Waals surface area contributed by atoms with Gasteiger partial charge in [0.05, 0.1) is 6.04 Å². The van der Waals surface area contributed by atoms with Crippen LogP contribution in [0.5, 0.6) is 0 Å². The number of hydrogen-bond acceptors (Lipinski definition) is 5. The molecule has 1 saturated heterocycles. The Morgan fingerprint density at radius 2 is 1.72 bits per heavy atom. The molecule has 0 unspecified atom stereocenters. The lowest BCUT2D eigenvalue weighted by Crippen LogP contribution is -2.40. The summed E-state index contributed by atoms with van der Waals surface area (Å²) in [5.74, 6) is -0.247. The van der Waals surface area contributed by atoms with Crippen LogP contribution in [0.15, 0.2) is 54.6 Å². The van der Waals surface area contributed by atoms with E-state index in [2.05, 4.69) is 0 Å². The molecular weight excluding hydrogens is 408 g/mol. The first-order chi connectivity index (χ1) is 15.1. The molecule has 7 heteroatoms. The first-order valence-corrected chi connectivity index (χ1v) is 10.7. The SMILES string of the molecule is CN(C(=O)OC(C)(C)C)c1ccc(CCC(=O)N2C(=O)OC[C@H]2Cc2ccccc2)cc1. The molecule has 1 fully saturated rings. The Balaban J connectivity index is 1.57. The van der Waals surface area contributed by atoms with E-state index < -0.39 is 17.8 Å². The minimum absolute atomic E-state index is 0.196. The number of hydrogen-bond donors (Lipinski definition) is 0. The summed E-state index contributed by atoms with van der Waals surface area (Å²) in [5, 5.41) is 0. The second kappa shape index (κ2) is 9.85. The molecule has 1 atom stereocenters. The molecule has 2 aromatic rings. The van der Waals surface area contributed by atoms with E-state index in [1.54, 1.807) is 7.05 Å². The molecule has 0 aromatic heterocycles. The Kier molecular flexibility index (Phi) is 7.18. The number of rotatable bonds is 6. The van der Waals surface area contributed by atoms with Crippen LogP contribution in [0.25, 0.3) is 0 Å². The molecule has 0 saturated carbocycles. The number of ether oxygens (including phenoxy) is 2. The molecule has 1 aliphatic rings. The van der Waals surface area contributed by atoms with Crippen molar-refractivity contribution in [2.45, 2.75) is 51.7 Å². The highest BCUT2D eigenvalue weighted by atomic mass is 16.6. The highest BCUT2D eigenvalue weighted by Crippen LogP contribution is 2.21. The summed E-state index contributed by atoms with van der Waals surface area (Å²) >= 11 is 0. The molecule has 0 aliphatic carbocycles. The fourth-order valence-corrected chi connectivity index (χ4v) is 3.50. The number of amides is 3. The van der Waals surface area contributed by atoms with Crippen LogP contribution < -0.4 is 4.90 Å². The van der Waals surface area contributed by atoms with Crippen molar-refractivity contribution in [3.05, 3.63) is 65.7 Å². The maximum Gasteiger partial charge on any atom is 0.416 e. The fraction of sp³-hybridized carbons (Fsp3) is 0.400. The number of nitrogens with zero attached hydrogens (tertiary/aromatic N) is 2. The van der Waals surface area contributed by atoms with E-state index in [9.17, 15) is 14.4 Å². The Morgan fingerprint density at radius 3 is 2.34 bits per heavy atom. The fourth-order valence-electron chi connectivity index (χ4n) is 3.50. The molecule has 32 heavy (non-hydrogen) atoms. The molecule has 0 N–H and O–H groups in total. The van der Waals surface area contributed by atoms with Crippen LogP contribution >= 0.6 is 0 Å². The van der Waals surface area contributed by atoms with E-state index in [0.29, 0.717) is 18.5 Å². The molecule has 0 spiro atoms. The summed E-state index contributed by atoms with van der Waals surface area (Å²) in [6.07, 6.45) is 0.241. The van der Waals surface area contributed by atoms with Crippen molar-refractivity contribution in [2.24, 2.45) is 0 Å². The van der Waals surface area contributed by atoms with Gasteiger partial charge in [-0.3, -0.25) is 9.69 Å². The third-order valence-corrected chi connectivity index (χ3v) is 5.16. The van der Waals surface area contributed by atoms with Gasteiger partial charge in [-0.1, -0.05) is 42.5 Å². The molecule has 0 radical (unpaired) electrons. The minimum Gasteiger partial charge on any atom is -0.447 e. The van der Waals surface area contributed by atoms with Gasteiger partial charge < -0.3 is 9.47 Å². The quantitative estimate of drug-likeness (QED) is 0.660. The van der Waals surface area contributed by atoms with Gasteiger partial charge in [-0.2, -0.15) is 0 Å². The Hall–Kier alpha value is -3.35. The molecule has 3 amide bonds. The Bertz CT molecular complexity index is 951. The number of carbonyl (C=O) groups is 3. The summed E-state index contributed by atoms with van der Waals surface area (Å²) in [7, 11) is 1.65. The lowest BCUT2D eigenvalue weighted by Gasteiger charge is -2.24. The molecule has 2 aromatic carbocycles. The molecule has 0 bridgehead atoms. The Morgan fingerprint density at radius 1 is 1.06 bits per heavy atom. The summed E-state index contributed by atoms with van der Waals surface area (Å²) in [5.41, 5.74) is 2.12. The number of carbonyl (C=O) groups excluding carboxylic acids is 3. The van der Waals surface area contributed by atoms with Gasteiger partial charge in [-0.05, 0) is 56.9 Å². The van der Waals surface area contributed by atoms with Crippen LogP contribution in [-0.4, -0.2) is 48.3 Å². The van der Waals surface area contributed by atoms with Gasteiger partial charge >= 0.3 is 12.2 Å². The average molecular weight is 439 g/mol. The maximum atomic E-state index is 12.8. The zero-order chi connectivity index (χ0) is 23.3. The standard InChI is InChI=1S/C25H30N2O5/c1-25(2,3)32-23(29)26(4)20-13-10-18(11-14-20)12-15-22(28)27-21(17-31-24(27)30)16-19-8-6-5-7-9-19/h5-11,13-14,21H,12,15-17H2,1-4H3/t21-/m1/s1. The third-order valence-electron chi connectivity index (χ3n) is 5.16. The van der Waals surface area contributed by atoms with Gasteiger partial charge in [0.15, 0.2) is 0 Å². The van der Waals surface area contributed by atoms with E-state index in [0.717, 1.165) is 11.1 Å². The summed E-state index contributed by atoms with van der Waals surface area (Å²) in [6.45, 7) is 5.67. The Labute approximate surface area is 188 Å². The van der Waals surface area contributed by atoms with Gasteiger partial charge in [0, 0.05) is 19.2 Å². The van der Waals surface area contributed by atoms with Gasteiger partial charge in [-0.25, -0.2) is 14.5 Å². The first kappa shape index (κ1) is 23.3. The van der Waals surface area contributed by atoms with Gasteiger partial charge in [0.2, 0.25) is 5.91 Å². The van der Waals surface area contributed by atoms with Crippen molar-refractivity contribution >= 4 is 23.8 Å². The van der Waals surface area contributed by atoms with E-state index >= 15 is 0 Å². The first-order valence-electron chi connectivity index (χ1n) is 10.7. The van der Waals surface area contributed by atoms with Crippen LogP contribution in [0, 0.1) is 0 Å². The number of aryl methyl sites for hydroxylation is 1. The number of imide groups is 1. The van der Waals surface area contributed by atoms with E-state index in [1.165, 1.54) is 9.80 Å². The normalized spacial score (nSPS) is 15.9. The zero-order valence-corrected chi connectivity index (χ0v) is 19.0. The van der Waals surface area contributed by atoms with Gasteiger partial charge in [-0.15, -0.1) is 0 Å². The topological polar surface area (TPSA) is 76.2 Å².